The third-order valence-electron chi connectivity index (χ3n) is 3.49. The second-order valence-corrected chi connectivity index (χ2v) is 6.95. The SMILES string of the molecule is CC(C)C(C)C(=O)c1ccc(CNC(=O)OC(C)(C)C)cc1. The monoisotopic (exact) mass is 305 g/mol. The number of amides is 1. The van der Waals surface area contributed by atoms with E-state index in [4.69, 9.17) is 4.74 Å². The average molecular weight is 305 g/mol. The highest BCUT2D eigenvalue weighted by atomic mass is 16.6. The first kappa shape index (κ1) is 18.2. The van der Waals surface area contributed by atoms with E-state index >= 15 is 0 Å². The Kier molecular flexibility index (Phi) is 6.15. The van der Waals surface area contributed by atoms with Crippen LogP contribution in [0.3, 0.4) is 0 Å². The van der Waals surface area contributed by atoms with Crippen LogP contribution in [0.15, 0.2) is 24.3 Å². The minimum atomic E-state index is -0.507. The van der Waals surface area contributed by atoms with Gasteiger partial charge < -0.3 is 10.1 Å². The van der Waals surface area contributed by atoms with E-state index in [-0.39, 0.29) is 11.7 Å². The van der Waals surface area contributed by atoms with Crippen LogP contribution < -0.4 is 5.32 Å². The molecule has 0 saturated heterocycles. The Morgan fingerprint density at radius 2 is 1.64 bits per heavy atom. The zero-order valence-corrected chi connectivity index (χ0v) is 14.4. The molecule has 0 radical (unpaired) electrons. The third kappa shape index (κ3) is 5.88. The fraction of sp³-hybridized carbons (Fsp3) is 0.556. The minimum Gasteiger partial charge on any atom is -0.444 e. The molecular formula is C18H27NO3. The Hall–Kier alpha value is -1.84. The number of ether oxygens (including phenoxy) is 1. The van der Waals surface area contributed by atoms with Gasteiger partial charge in [0.1, 0.15) is 5.60 Å². The van der Waals surface area contributed by atoms with E-state index in [2.05, 4.69) is 5.32 Å². The molecule has 1 atom stereocenters. The van der Waals surface area contributed by atoms with Crippen molar-refractivity contribution >= 4 is 11.9 Å². The molecule has 0 spiro atoms. The standard InChI is InChI=1S/C18H27NO3/c1-12(2)13(3)16(20)15-9-7-14(8-10-15)11-19-17(21)22-18(4,5)6/h7-10,12-13H,11H2,1-6H3,(H,19,21). The molecule has 0 bridgehead atoms. The van der Waals surface area contributed by atoms with Crippen LogP contribution in [0.1, 0.15) is 57.5 Å². The Morgan fingerprint density at radius 3 is 2.09 bits per heavy atom. The summed E-state index contributed by atoms with van der Waals surface area (Å²) in [6.07, 6.45) is -0.443. The summed E-state index contributed by atoms with van der Waals surface area (Å²) in [5.41, 5.74) is 1.13. The van der Waals surface area contributed by atoms with Crippen molar-refractivity contribution in [3.05, 3.63) is 35.4 Å². The van der Waals surface area contributed by atoms with Crippen molar-refractivity contribution < 1.29 is 14.3 Å². The average Bonchev–Trinajstić information content (AvgIpc) is 2.42. The van der Waals surface area contributed by atoms with Crippen LogP contribution in [0, 0.1) is 11.8 Å². The van der Waals surface area contributed by atoms with Gasteiger partial charge in [-0.1, -0.05) is 45.0 Å². The number of Topliss-reactive ketones (excluding diaryl/α,β-unsaturated/α-hetero) is 1. The molecule has 0 heterocycles. The van der Waals surface area contributed by atoms with Crippen LogP contribution in [0.25, 0.3) is 0 Å². The van der Waals surface area contributed by atoms with Gasteiger partial charge in [0.2, 0.25) is 0 Å². The van der Waals surface area contributed by atoms with Crippen molar-refractivity contribution in [1.29, 1.82) is 0 Å². The van der Waals surface area contributed by atoms with Gasteiger partial charge in [-0.25, -0.2) is 4.79 Å². The number of rotatable bonds is 5. The Balaban J connectivity index is 2.59. The maximum atomic E-state index is 12.2. The molecule has 0 aliphatic carbocycles. The van der Waals surface area contributed by atoms with Gasteiger partial charge in [0.25, 0.3) is 0 Å². The number of ketones is 1. The molecule has 0 fully saturated rings. The summed E-state index contributed by atoms with van der Waals surface area (Å²) in [4.78, 5) is 23.8. The number of hydrogen-bond acceptors (Lipinski definition) is 3. The smallest absolute Gasteiger partial charge is 0.407 e. The van der Waals surface area contributed by atoms with E-state index in [0.717, 1.165) is 5.56 Å². The molecule has 0 aliphatic heterocycles. The van der Waals surface area contributed by atoms with Crippen LogP contribution >= 0.6 is 0 Å². The number of hydrogen-bond donors (Lipinski definition) is 1. The summed E-state index contributed by atoms with van der Waals surface area (Å²) in [7, 11) is 0. The fourth-order valence-electron chi connectivity index (χ4n) is 1.84. The van der Waals surface area contributed by atoms with Gasteiger partial charge in [0.15, 0.2) is 5.78 Å². The predicted molar refractivity (Wildman–Crippen MR) is 87.8 cm³/mol. The van der Waals surface area contributed by atoms with Crippen LogP contribution in [0.2, 0.25) is 0 Å². The molecule has 0 aromatic heterocycles. The largest absolute Gasteiger partial charge is 0.444 e. The molecule has 4 nitrogen and oxygen atoms in total. The van der Waals surface area contributed by atoms with Crippen molar-refractivity contribution in [1.82, 2.24) is 5.32 Å². The van der Waals surface area contributed by atoms with Crippen LogP contribution in [0.4, 0.5) is 4.79 Å². The first-order chi connectivity index (χ1) is 10.1. The summed E-state index contributed by atoms with van der Waals surface area (Å²) in [6.45, 7) is 11.9. The van der Waals surface area contributed by atoms with Crippen molar-refractivity contribution in [3.8, 4) is 0 Å². The number of benzene rings is 1. The number of carbonyl (C=O) groups is 2. The van der Waals surface area contributed by atoms with Gasteiger partial charge in [-0.15, -0.1) is 0 Å². The van der Waals surface area contributed by atoms with Crippen LogP contribution in [0.5, 0.6) is 0 Å². The zero-order chi connectivity index (χ0) is 16.9. The summed E-state index contributed by atoms with van der Waals surface area (Å²) in [5, 5.41) is 2.70. The topological polar surface area (TPSA) is 55.4 Å². The first-order valence-corrected chi connectivity index (χ1v) is 7.70. The fourth-order valence-corrected chi connectivity index (χ4v) is 1.84. The van der Waals surface area contributed by atoms with E-state index in [9.17, 15) is 9.59 Å². The highest BCUT2D eigenvalue weighted by Gasteiger charge is 2.18. The maximum Gasteiger partial charge on any atom is 0.407 e. The normalized spacial score (nSPS) is 12.9. The lowest BCUT2D eigenvalue weighted by atomic mass is 9.89. The van der Waals surface area contributed by atoms with Gasteiger partial charge in [0, 0.05) is 18.0 Å². The van der Waals surface area contributed by atoms with Crippen molar-refractivity contribution in [2.75, 3.05) is 0 Å². The summed E-state index contributed by atoms with van der Waals surface area (Å²) >= 11 is 0. The van der Waals surface area contributed by atoms with Crippen molar-refractivity contribution in [2.45, 2.75) is 53.7 Å². The van der Waals surface area contributed by atoms with E-state index in [1.807, 2.05) is 65.8 Å². The Bertz CT molecular complexity index is 512. The van der Waals surface area contributed by atoms with Crippen LogP contribution in [-0.2, 0) is 11.3 Å². The van der Waals surface area contributed by atoms with Gasteiger partial charge >= 0.3 is 6.09 Å². The second kappa shape index (κ2) is 7.43. The zero-order valence-electron chi connectivity index (χ0n) is 14.4. The molecule has 0 aliphatic rings. The van der Waals surface area contributed by atoms with E-state index in [1.165, 1.54) is 0 Å². The highest BCUT2D eigenvalue weighted by molar-refractivity contribution is 5.97. The van der Waals surface area contributed by atoms with Crippen molar-refractivity contribution in [2.24, 2.45) is 11.8 Å². The summed E-state index contributed by atoms with van der Waals surface area (Å²) < 4.78 is 5.18. The molecule has 1 aromatic carbocycles. The lowest BCUT2D eigenvalue weighted by Crippen LogP contribution is -2.32. The Morgan fingerprint density at radius 1 is 1.09 bits per heavy atom. The Labute approximate surface area is 133 Å². The molecular weight excluding hydrogens is 278 g/mol. The summed E-state index contributed by atoms with van der Waals surface area (Å²) in [6, 6.07) is 7.34. The van der Waals surface area contributed by atoms with Crippen LogP contribution in [-0.4, -0.2) is 17.5 Å². The molecule has 4 heteroatoms. The lowest BCUT2D eigenvalue weighted by Gasteiger charge is -2.19. The maximum absolute atomic E-state index is 12.2. The van der Waals surface area contributed by atoms with Gasteiger partial charge in [-0.2, -0.15) is 0 Å². The predicted octanol–water partition coefficient (Wildman–Crippen LogP) is 4.19. The van der Waals surface area contributed by atoms with Gasteiger partial charge in [-0.3, -0.25) is 4.79 Å². The highest BCUT2D eigenvalue weighted by Crippen LogP contribution is 2.17. The molecule has 1 rings (SSSR count). The molecule has 0 saturated carbocycles. The molecule has 1 amide bonds. The second-order valence-electron chi connectivity index (χ2n) is 6.95. The molecule has 22 heavy (non-hydrogen) atoms. The van der Waals surface area contributed by atoms with Gasteiger partial charge in [-0.05, 0) is 32.3 Å². The molecule has 1 N–H and O–H groups in total. The quantitative estimate of drug-likeness (QED) is 0.830. The first-order valence-electron chi connectivity index (χ1n) is 7.70. The number of nitrogens with one attached hydrogen (secondary N) is 1. The van der Waals surface area contributed by atoms with E-state index < -0.39 is 11.7 Å². The minimum absolute atomic E-state index is 0.00531. The molecule has 1 aromatic rings. The molecule has 122 valence electrons. The van der Waals surface area contributed by atoms with Gasteiger partial charge in [0.05, 0.1) is 0 Å². The van der Waals surface area contributed by atoms with E-state index in [1.54, 1.807) is 0 Å². The number of carbonyl (C=O) groups excluding carboxylic acids is 2. The summed E-state index contributed by atoms with van der Waals surface area (Å²) in [5.74, 6) is 0.480. The van der Waals surface area contributed by atoms with Crippen molar-refractivity contribution in [3.63, 3.8) is 0 Å². The molecule has 1 unspecified atom stereocenters. The number of alkyl carbamates (subject to hydrolysis) is 1. The lowest BCUT2D eigenvalue weighted by molar-refractivity contribution is 0.0523. The van der Waals surface area contributed by atoms with E-state index in [0.29, 0.717) is 18.0 Å². The third-order valence-corrected chi connectivity index (χ3v) is 3.49.